The first-order valence-electron chi connectivity index (χ1n) is 19.6. The van der Waals surface area contributed by atoms with Crippen molar-refractivity contribution < 1.29 is 85.0 Å². The smallest absolute Gasteiger partial charge is 0.543 e. The minimum Gasteiger partial charge on any atom is -0.543 e. The van der Waals surface area contributed by atoms with Crippen LogP contribution in [0.1, 0.15) is 81.0 Å². The molecule has 0 aliphatic carbocycles. The molecule has 0 radical (unpaired) electrons. The molecule has 2 aliphatic heterocycles. The normalized spacial score (nSPS) is 18.5. The first-order chi connectivity index (χ1) is 25.8. The molecule has 16 heteroatoms. The number of carbonyl (C=O) groups is 2. The van der Waals surface area contributed by atoms with Gasteiger partial charge < -0.3 is 38.6 Å². The van der Waals surface area contributed by atoms with Crippen LogP contribution in [0.25, 0.3) is 22.5 Å². The third-order valence-corrected chi connectivity index (χ3v) is 13.5. The van der Waals surface area contributed by atoms with Crippen molar-refractivity contribution in [3.8, 4) is 11.1 Å². The Bertz CT molecular complexity index is 1800. The number of nitrogens with zero attached hydrogens (tertiary/aromatic N) is 6. The summed E-state index contributed by atoms with van der Waals surface area (Å²) in [4.78, 5) is 38.6. The number of anilines is 1. The Hall–Kier alpha value is -2.16. The van der Waals surface area contributed by atoms with Crippen LogP contribution < -0.4 is 61.4 Å². The summed E-state index contributed by atoms with van der Waals surface area (Å²) in [6.45, 7) is 28.1. The van der Waals surface area contributed by atoms with Crippen LogP contribution in [0.5, 0.6) is 0 Å². The van der Waals surface area contributed by atoms with Gasteiger partial charge in [0.2, 0.25) is 0 Å². The maximum atomic E-state index is 13.5. The number of carboxylic acids is 1. The van der Waals surface area contributed by atoms with E-state index in [0.717, 1.165) is 36.2 Å². The van der Waals surface area contributed by atoms with Crippen molar-refractivity contribution in [1.82, 2.24) is 24.5 Å². The van der Waals surface area contributed by atoms with Crippen molar-refractivity contribution in [2.75, 3.05) is 38.2 Å². The Kier molecular flexibility index (Phi) is 16.0. The number of hydrogen-bond acceptors (Lipinski definition) is 11. The molecule has 2 saturated heterocycles. The van der Waals surface area contributed by atoms with Crippen LogP contribution in [0.15, 0.2) is 31.1 Å². The largest absolute Gasteiger partial charge is 1.00 e. The fraction of sp³-hybridized carbons (Fsp3) is 0.625. The summed E-state index contributed by atoms with van der Waals surface area (Å²) in [7, 11) is -2.74. The molecule has 0 spiro atoms. The molecule has 1 amide bonds. The number of amides is 1. The second-order valence-electron chi connectivity index (χ2n) is 18.2. The van der Waals surface area contributed by atoms with E-state index in [1.165, 1.54) is 12.3 Å². The first-order valence-corrected chi connectivity index (χ1v) is 27.0. The quantitative estimate of drug-likeness (QED) is 0.0835. The van der Waals surface area contributed by atoms with E-state index in [1.807, 2.05) is 32.6 Å². The molecule has 3 aromatic rings. The van der Waals surface area contributed by atoms with Crippen molar-refractivity contribution in [1.29, 1.82) is 0 Å². The van der Waals surface area contributed by atoms with Gasteiger partial charge in [0.15, 0.2) is 5.65 Å². The van der Waals surface area contributed by atoms with Crippen molar-refractivity contribution >= 4 is 45.4 Å². The average molecular weight is 833 g/mol. The van der Waals surface area contributed by atoms with E-state index in [0.29, 0.717) is 61.0 Å². The van der Waals surface area contributed by atoms with Gasteiger partial charge in [-0.2, -0.15) is 9.61 Å². The number of hydrogen-bond donors (Lipinski definition) is 0. The van der Waals surface area contributed by atoms with Crippen LogP contribution in [-0.2, 0) is 18.9 Å². The fourth-order valence-corrected chi connectivity index (χ4v) is 8.77. The molecule has 3 atom stereocenters. The van der Waals surface area contributed by atoms with Crippen molar-refractivity contribution in [3.05, 3.63) is 48.1 Å². The van der Waals surface area contributed by atoms with Crippen LogP contribution in [-0.4, -0.2) is 104 Å². The van der Waals surface area contributed by atoms with Crippen LogP contribution in [0.4, 0.5) is 10.6 Å². The summed E-state index contributed by atoms with van der Waals surface area (Å²) in [6, 6.07) is 5.12. The van der Waals surface area contributed by atoms with E-state index in [9.17, 15) is 14.7 Å². The number of carboxylic acid groups (broad SMARTS) is 1. The SMILES string of the molecule is C=C(OCC)c1c(C2C[C@H]3CC[C@@H](C2)N3C(=O)OC(C)(C)C)nc2c(-c3ccc(C(=O)[O-])nc3)cnn2c1N(COCC[Si](C)(C)C)COCC[Si](C)(C)C.[K+]. The Morgan fingerprint density at radius 2 is 1.55 bits per heavy atom. The van der Waals surface area contributed by atoms with Crippen LogP contribution in [0.2, 0.25) is 51.4 Å². The monoisotopic (exact) mass is 832 g/mol. The summed E-state index contributed by atoms with van der Waals surface area (Å²) in [6.07, 6.45) is 6.10. The number of piperidine rings is 1. The molecule has 13 nitrogen and oxygen atoms in total. The van der Waals surface area contributed by atoms with Gasteiger partial charge in [-0.3, -0.25) is 4.98 Å². The van der Waals surface area contributed by atoms with Crippen molar-refractivity contribution in [3.63, 3.8) is 0 Å². The van der Waals surface area contributed by atoms with Crippen molar-refractivity contribution in [2.24, 2.45) is 0 Å². The second-order valence-corrected chi connectivity index (χ2v) is 29.5. The molecule has 3 aromatic heterocycles. The average Bonchev–Trinajstić information content (AvgIpc) is 3.62. The molecule has 302 valence electrons. The third kappa shape index (κ3) is 12.0. The third-order valence-electron chi connectivity index (χ3n) is 10.0. The fourth-order valence-electron chi connectivity index (χ4n) is 7.25. The van der Waals surface area contributed by atoms with Crippen molar-refractivity contribution in [2.45, 2.75) is 128 Å². The number of pyridine rings is 1. The van der Waals surface area contributed by atoms with E-state index >= 15 is 0 Å². The molecular weight excluding hydrogens is 772 g/mol. The molecule has 0 N–H and O–H groups in total. The first kappa shape index (κ1) is 46.5. The molecule has 5 heterocycles. The summed E-state index contributed by atoms with van der Waals surface area (Å²) in [5.41, 5.74) is 2.68. The summed E-state index contributed by atoms with van der Waals surface area (Å²) >= 11 is 0. The van der Waals surface area contributed by atoms with E-state index in [2.05, 4.69) is 55.7 Å². The maximum Gasteiger partial charge on any atom is 1.00 e. The standard InChI is InChI=1S/C40H62N6O7Si2.K/c1-12-52-27(2)34-35(29-21-30-14-15-31(22-29)45(30)39(49)53-40(3,4)5)43-36-32(28-13-16-33(38(47)48)41-23-28)24-42-46(36)37(34)44(25-50-17-19-54(6,7)8)26-51-18-20-55(9,10)11;/h13,16,23-24,29-31H,2,12,14-15,17-22,25-26H2,1,3-11H3,(H,47,48);/q;+1/p-1/t29?,30-,31+;. The predicted molar refractivity (Wildman–Crippen MR) is 218 cm³/mol. The molecular formula is C40H61KN6O7Si2. The Balaban J connectivity index is 0.00000696. The Morgan fingerprint density at radius 3 is 2.04 bits per heavy atom. The maximum absolute atomic E-state index is 13.5. The Morgan fingerprint density at radius 1 is 0.964 bits per heavy atom. The summed E-state index contributed by atoms with van der Waals surface area (Å²) in [5, 5.41) is 16.4. The van der Waals surface area contributed by atoms with Gasteiger partial charge in [-0.25, -0.2) is 9.78 Å². The number of ether oxygens (including phenoxy) is 4. The molecule has 0 aromatic carbocycles. The van der Waals surface area contributed by atoms with Gasteiger partial charge in [0.1, 0.15) is 30.6 Å². The van der Waals surface area contributed by atoms with Gasteiger partial charge in [0.05, 0.1) is 35.7 Å². The van der Waals surface area contributed by atoms with E-state index in [4.69, 9.17) is 29.0 Å². The molecule has 0 saturated carbocycles. The zero-order valence-electron chi connectivity index (χ0n) is 35.6. The number of fused-ring (bicyclic) bond motifs is 3. The molecule has 2 aliphatic rings. The van der Waals surface area contributed by atoms with Crippen LogP contribution in [0.3, 0.4) is 0 Å². The summed E-state index contributed by atoms with van der Waals surface area (Å²) in [5.74, 6) is -0.239. The minimum absolute atomic E-state index is 0. The summed E-state index contributed by atoms with van der Waals surface area (Å²) < 4.78 is 26.7. The zero-order valence-corrected chi connectivity index (χ0v) is 40.7. The van der Waals surface area contributed by atoms with Gasteiger partial charge >= 0.3 is 57.5 Å². The van der Waals surface area contributed by atoms with Gasteiger partial charge in [-0.15, -0.1) is 0 Å². The van der Waals surface area contributed by atoms with E-state index in [1.54, 1.807) is 16.8 Å². The second kappa shape index (κ2) is 19.3. The topological polar surface area (TPSA) is 144 Å². The van der Waals surface area contributed by atoms with Gasteiger partial charge in [0.25, 0.3) is 0 Å². The number of carbonyl (C=O) groups excluding carboxylic acids is 2. The Labute approximate surface area is 377 Å². The van der Waals surface area contributed by atoms with Crippen LogP contribution in [0, 0.1) is 0 Å². The van der Waals surface area contributed by atoms with Gasteiger partial charge in [0, 0.05) is 64.7 Å². The molecule has 56 heavy (non-hydrogen) atoms. The van der Waals surface area contributed by atoms with Gasteiger partial charge in [-0.05, 0) is 71.5 Å². The van der Waals surface area contributed by atoms with Gasteiger partial charge in [-0.1, -0.05) is 51.9 Å². The number of aromatic carboxylic acids is 1. The predicted octanol–water partition coefficient (Wildman–Crippen LogP) is 4.24. The molecule has 2 bridgehead atoms. The van der Waals surface area contributed by atoms with Crippen LogP contribution >= 0.6 is 0 Å². The van der Waals surface area contributed by atoms with E-state index in [-0.39, 0.29) is 94.6 Å². The molecule has 1 unspecified atom stereocenters. The number of aromatic nitrogens is 4. The zero-order chi connectivity index (χ0) is 40.3. The minimum atomic E-state index is -1.37. The molecule has 5 rings (SSSR count). The molecule has 2 fully saturated rings. The number of rotatable bonds is 17. The van der Waals surface area contributed by atoms with E-state index < -0.39 is 27.7 Å².